The Labute approximate surface area is 163 Å². The van der Waals surface area contributed by atoms with E-state index >= 15 is 0 Å². The van der Waals surface area contributed by atoms with Crippen molar-refractivity contribution in [3.05, 3.63) is 95.8 Å². The van der Waals surface area contributed by atoms with E-state index in [2.05, 4.69) is 10.3 Å². The van der Waals surface area contributed by atoms with Gasteiger partial charge in [-0.2, -0.15) is 0 Å². The predicted octanol–water partition coefficient (Wildman–Crippen LogP) is 4.31. The first-order valence-electron chi connectivity index (χ1n) is 9.02. The number of carbonyl (C=O) groups excluding carboxylic acids is 1. The molecule has 0 atom stereocenters. The Kier molecular flexibility index (Phi) is 6.90. The van der Waals surface area contributed by atoms with Gasteiger partial charge in [0.05, 0.1) is 5.69 Å². The Hall–Kier alpha value is -3.47. The first-order chi connectivity index (χ1) is 13.7. The third-order valence-corrected chi connectivity index (χ3v) is 4.02. The van der Waals surface area contributed by atoms with Crippen molar-refractivity contribution in [1.82, 2.24) is 5.32 Å². The first-order valence-corrected chi connectivity index (χ1v) is 9.02. The van der Waals surface area contributed by atoms with E-state index in [1.165, 1.54) is 17.7 Å². The Morgan fingerprint density at radius 3 is 2.39 bits per heavy atom. The molecule has 3 aromatic rings. The van der Waals surface area contributed by atoms with E-state index in [0.29, 0.717) is 18.0 Å². The summed E-state index contributed by atoms with van der Waals surface area (Å²) in [4.78, 5) is 16.2. The molecule has 3 aromatic carbocycles. The number of rotatable bonds is 8. The van der Waals surface area contributed by atoms with Gasteiger partial charge in [-0.1, -0.05) is 30.3 Å². The largest absolute Gasteiger partial charge is 0.484 e. The van der Waals surface area contributed by atoms with E-state index in [-0.39, 0.29) is 18.3 Å². The molecule has 142 valence electrons. The maximum Gasteiger partial charge on any atom is 0.257 e. The molecule has 0 saturated heterocycles. The number of amides is 1. The summed E-state index contributed by atoms with van der Waals surface area (Å²) in [6, 6.07) is 23.2. The van der Waals surface area contributed by atoms with Crippen LogP contribution in [0.4, 0.5) is 10.1 Å². The molecule has 3 rings (SSSR count). The molecule has 4 nitrogen and oxygen atoms in total. The molecule has 0 saturated carbocycles. The average molecular weight is 376 g/mol. The standard InChI is InChI=1S/C23H21FN2O2/c24-20-8-10-21(11-9-20)26-16-19-6-12-22(13-7-19)28-17-23(27)25-15-14-18-4-2-1-3-5-18/h1-13,16H,14-15,17H2,(H,25,27). The van der Waals surface area contributed by atoms with E-state index in [1.54, 1.807) is 30.5 Å². The van der Waals surface area contributed by atoms with Crippen LogP contribution in [0, 0.1) is 5.82 Å². The molecule has 0 fully saturated rings. The van der Waals surface area contributed by atoms with Crippen molar-refractivity contribution in [3.8, 4) is 5.75 Å². The summed E-state index contributed by atoms with van der Waals surface area (Å²) < 4.78 is 18.4. The molecule has 1 N–H and O–H groups in total. The maximum atomic E-state index is 12.9. The van der Waals surface area contributed by atoms with Crippen LogP contribution < -0.4 is 10.1 Å². The molecule has 1 amide bonds. The number of nitrogens with one attached hydrogen (secondary N) is 1. The minimum absolute atomic E-state index is 0.0300. The van der Waals surface area contributed by atoms with Gasteiger partial charge in [0.25, 0.3) is 5.91 Å². The third kappa shape index (κ3) is 6.36. The van der Waals surface area contributed by atoms with Gasteiger partial charge in [-0.25, -0.2) is 4.39 Å². The molecule has 0 bridgehead atoms. The second-order valence-corrected chi connectivity index (χ2v) is 6.18. The minimum Gasteiger partial charge on any atom is -0.484 e. The van der Waals surface area contributed by atoms with Crippen molar-refractivity contribution in [2.75, 3.05) is 13.2 Å². The highest BCUT2D eigenvalue weighted by atomic mass is 19.1. The van der Waals surface area contributed by atoms with Gasteiger partial charge in [0.2, 0.25) is 0 Å². The number of hydrogen-bond donors (Lipinski definition) is 1. The second kappa shape index (κ2) is 10.0. The van der Waals surface area contributed by atoms with Crippen LogP contribution >= 0.6 is 0 Å². The van der Waals surface area contributed by atoms with Crippen LogP contribution in [0.2, 0.25) is 0 Å². The molecule has 0 aliphatic rings. The Morgan fingerprint density at radius 2 is 1.68 bits per heavy atom. The van der Waals surface area contributed by atoms with E-state index in [0.717, 1.165) is 12.0 Å². The zero-order valence-corrected chi connectivity index (χ0v) is 15.3. The van der Waals surface area contributed by atoms with Crippen LogP contribution in [0.3, 0.4) is 0 Å². The molecule has 0 aliphatic carbocycles. The second-order valence-electron chi connectivity index (χ2n) is 6.18. The predicted molar refractivity (Wildman–Crippen MR) is 109 cm³/mol. The Bertz CT molecular complexity index is 908. The molecule has 0 unspecified atom stereocenters. The van der Waals surface area contributed by atoms with E-state index < -0.39 is 0 Å². The molecule has 0 spiro atoms. The number of carbonyl (C=O) groups is 1. The monoisotopic (exact) mass is 376 g/mol. The normalized spacial score (nSPS) is 10.8. The summed E-state index contributed by atoms with van der Waals surface area (Å²) in [6.45, 7) is 0.544. The van der Waals surface area contributed by atoms with Gasteiger partial charge in [0.15, 0.2) is 6.61 Å². The maximum absolute atomic E-state index is 12.9. The summed E-state index contributed by atoms with van der Waals surface area (Å²) in [6.07, 6.45) is 2.47. The summed E-state index contributed by atoms with van der Waals surface area (Å²) in [5.41, 5.74) is 2.74. The van der Waals surface area contributed by atoms with Crippen molar-refractivity contribution in [2.24, 2.45) is 4.99 Å². The highest BCUT2D eigenvalue weighted by Crippen LogP contribution is 2.14. The molecule has 5 heteroatoms. The quantitative estimate of drug-likeness (QED) is 0.596. The van der Waals surface area contributed by atoms with Gasteiger partial charge < -0.3 is 10.1 Å². The van der Waals surface area contributed by atoms with Crippen LogP contribution in [0.1, 0.15) is 11.1 Å². The van der Waals surface area contributed by atoms with E-state index in [9.17, 15) is 9.18 Å². The number of benzene rings is 3. The Morgan fingerprint density at radius 1 is 0.964 bits per heavy atom. The summed E-state index contributed by atoms with van der Waals surface area (Å²) in [7, 11) is 0. The highest BCUT2D eigenvalue weighted by Gasteiger charge is 2.02. The highest BCUT2D eigenvalue weighted by molar-refractivity contribution is 5.82. The molecule has 28 heavy (non-hydrogen) atoms. The van der Waals surface area contributed by atoms with Gasteiger partial charge in [0, 0.05) is 12.8 Å². The van der Waals surface area contributed by atoms with Gasteiger partial charge in [0.1, 0.15) is 11.6 Å². The van der Waals surface area contributed by atoms with Crippen molar-refractivity contribution in [1.29, 1.82) is 0 Å². The lowest BCUT2D eigenvalue weighted by atomic mass is 10.1. The summed E-state index contributed by atoms with van der Waals surface area (Å²) in [5.74, 6) is 0.166. The molecule has 0 radical (unpaired) electrons. The third-order valence-electron chi connectivity index (χ3n) is 4.02. The molecule has 0 aliphatic heterocycles. The van der Waals surface area contributed by atoms with Crippen LogP contribution in [0.5, 0.6) is 5.75 Å². The topological polar surface area (TPSA) is 50.7 Å². The van der Waals surface area contributed by atoms with Crippen LogP contribution in [0.15, 0.2) is 83.9 Å². The molecular formula is C23H21FN2O2. The smallest absolute Gasteiger partial charge is 0.257 e. The molecular weight excluding hydrogens is 355 g/mol. The molecule has 0 aromatic heterocycles. The number of aliphatic imine (C=N–C) groups is 1. The average Bonchev–Trinajstić information content (AvgIpc) is 2.73. The van der Waals surface area contributed by atoms with Crippen LogP contribution in [-0.2, 0) is 11.2 Å². The van der Waals surface area contributed by atoms with Gasteiger partial charge in [-0.15, -0.1) is 0 Å². The zero-order chi connectivity index (χ0) is 19.6. The fourth-order valence-electron chi connectivity index (χ4n) is 2.52. The van der Waals surface area contributed by atoms with Gasteiger partial charge >= 0.3 is 0 Å². The lowest BCUT2D eigenvalue weighted by Crippen LogP contribution is -2.30. The van der Waals surface area contributed by atoms with E-state index in [4.69, 9.17) is 4.74 Å². The van der Waals surface area contributed by atoms with Crippen molar-refractivity contribution >= 4 is 17.8 Å². The fraction of sp³-hybridized carbons (Fsp3) is 0.130. The van der Waals surface area contributed by atoms with Crippen molar-refractivity contribution in [3.63, 3.8) is 0 Å². The van der Waals surface area contributed by atoms with Gasteiger partial charge in [-0.05, 0) is 66.1 Å². The van der Waals surface area contributed by atoms with Crippen molar-refractivity contribution < 1.29 is 13.9 Å². The number of ether oxygens (including phenoxy) is 1. The zero-order valence-electron chi connectivity index (χ0n) is 15.3. The number of halogens is 1. The fourth-order valence-corrected chi connectivity index (χ4v) is 2.52. The number of nitrogens with zero attached hydrogens (tertiary/aromatic N) is 1. The van der Waals surface area contributed by atoms with Crippen LogP contribution in [-0.4, -0.2) is 25.3 Å². The summed E-state index contributed by atoms with van der Waals surface area (Å²) in [5, 5.41) is 2.84. The SMILES string of the molecule is O=C(COc1ccc(C=Nc2ccc(F)cc2)cc1)NCCc1ccccc1. The first kappa shape index (κ1) is 19.3. The van der Waals surface area contributed by atoms with Crippen molar-refractivity contribution in [2.45, 2.75) is 6.42 Å². The molecule has 0 heterocycles. The minimum atomic E-state index is -0.287. The number of hydrogen-bond acceptors (Lipinski definition) is 3. The lowest BCUT2D eigenvalue weighted by Gasteiger charge is -2.08. The lowest BCUT2D eigenvalue weighted by molar-refractivity contribution is -0.123. The van der Waals surface area contributed by atoms with E-state index in [1.807, 2.05) is 42.5 Å². The van der Waals surface area contributed by atoms with Crippen LogP contribution in [0.25, 0.3) is 0 Å². The summed E-state index contributed by atoms with van der Waals surface area (Å²) >= 11 is 0. The van der Waals surface area contributed by atoms with Gasteiger partial charge in [-0.3, -0.25) is 9.79 Å². The Balaban J connectivity index is 1.41.